The Bertz CT molecular complexity index is 1220. The zero-order chi connectivity index (χ0) is 29.9. The molecular formula is C30H25Cl2F3S5. The maximum atomic E-state index is 12.2. The molecule has 0 atom stereocenters. The minimum atomic E-state index is -0.268. The lowest BCUT2D eigenvalue weighted by molar-refractivity contribution is 0.602. The van der Waals surface area contributed by atoms with Gasteiger partial charge in [0.25, 0.3) is 0 Å². The Morgan fingerprint density at radius 2 is 0.925 bits per heavy atom. The molecule has 40 heavy (non-hydrogen) atoms. The van der Waals surface area contributed by atoms with Crippen LogP contribution in [-0.4, -0.2) is 0 Å². The van der Waals surface area contributed by atoms with Gasteiger partial charge < -0.3 is 0 Å². The third-order valence-corrected chi connectivity index (χ3v) is 6.51. The number of thiol groups is 5. The van der Waals surface area contributed by atoms with Crippen molar-refractivity contribution in [3.8, 4) is 0 Å². The van der Waals surface area contributed by atoms with Crippen LogP contribution in [0.1, 0.15) is 0 Å². The summed E-state index contributed by atoms with van der Waals surface area (Å²) in [5.41, 5.74) is 0. The average molecular weight is 674 g/mol. The van der Waals surface area contributed by atoms with Crippen molar-refractivity contribution in [1.82, 2.24) is 0 Å². The van der Waals surface area contributed by atoms with E-state index in [1.807, 2.05) is 48.5 Å². The molecule has 210 valence electrons. The first-order valence-corrected chi connectivity index (χ1v) is 14.2. The predicted octanol–water partition coefficient (Wildman–Crippen LogP) is 11.6. The van der Waals surface area contributed by atoms with E-state index in [1.54, 1.807) is 42.5 Å². The summed E-state index contributed by atoms with van der Waals surface area (Å²) in [4.78, 5) is 3.60. The minimum Gasteiger partial charge on any atom is -0.207 e. The van der Waals surface area contributed by atoms with Crippen molar-refractivity contribution < 1.29 is 13.2 Å². The highest BCUT2D eigenvalue weighted by atomic mass is 35.5. The number of rotatable bonds is 0. The lowest BCUT2D eigenvalue weighted by Crippen LogP contribution is -1.71. The second kappa shape index (κ2) is 21.0. The van der Waals surface area contributed by atoms with Crippen LogP contribution >= 0.6 is 86.3 Å². The number of halogens is 5. The first-order chi connectivity index (χ1) is 19.0. The van der Waals surface area contributed by atoms with E-state index in [9.17, 15) is 13.2 Å². The summed E-state index contributed by atoms with van der Waals surface area (Å²) in [6.07, 6.45) is 0. The fraction of sp³-hybridized carbons (Fsp3) is 0. The summed E-state index contributed by atoms with van der Waals surface area (Å²) in [6.45, 7) is 0. The zero-order valence-corrected chi connectivity index (χ0v) is 26.7. The predicted molar refractivity (Wildman–Crippen MR) is 178 cm³/mol. The second-order valence-corrected chi connectivity index (χ2v) is 10.7. The summed E-state index contributed by atoms with van der Waals surface area (Å²) < 4.78 is 36.4. The Morgan fingerprint density at radius 3 is 1.25 bits per heavy atom. The normalized spacial score (nSPS) is 9.25. The largest absolute Gasteiger partial charge is 0.207 e. The molecule has 0 saturated heterocycles. The molecule has 0 saturated carbocycles. The van der Waals surface area contributed by atoms with Crippen LogP contribution < -0.4 is 0 Å². The van der Waals surface area contributed by atoms with Gasteiger partial charge in [0.1, 0.15) is 17.5 Å². The van der Waals surface area contributed by atoms with E-state index in [0.29, 0.717) is 14.8 Å². The first kappa shape index (κ1) is 36.2. The van der Waals surface area contributed by atoms with Crippen LogP contribution in [0.25, 0.3) is 0 Å². The van der Waals surface area contributed by atoms with Crippen LogP contribution in [0, 0.1) is 17.5 Å². The van der Waals surface area contributed by atoms with Gasteiger partial charge in [-0.1, -0.05) is 53.5 Å². The van der Waals surface area contributed by atoms with E-state index in [4.69, 9.17) is 23.2 Å². The molecule has 0 spiro atoms. The van der Waals surface area contributed by atoms with E-state index < -0.39 is 0 Å². The van der Waals surface area contributed by atoms with Crippen LogP contribution in [0.2, 0.25) is 10.0 Å². The minimum absolute atomic E-state index is 0.220. The van der Waals surface area contributed by atoms with Gasteiger partial charge in [0.15, 0.2) is 0 Å². The van der Waals surface area contributed by atoms with Gasteiger partial charge in [-0.3, -0.25) is 0 Å². The van der Waals surface area contributed by atoms with Crippen LogP contribution in [0.5, 0.6) is 0 Å². The van der Waals surface area contributed by atoms with Gasteiger partial charge in [-0.15, -0.1) is 63.1 Å². The molecule has 5 aromatic rings. The molecule has 5 rings (SSSR count). The average Bonchev–Trinajstić information content (AvgIpc) is 2.92. The molecule has 5 aromatic carbocycles. The number of benzene rings is 5. The van der Waals surface area contributed by atoms with Crippen LogP contribution in [-0.2, 0) is 0 Å². The topological polar surface area (TPSA) is 0 Å². The molecule has 0 amide bonds. The van der Waals surface area contributed by atoms with Crippen molar-refractivity contribution in [1.29, 1.82) is 0 Å². The molecular weight excluding hydrogens is 649 g/mol. The molecule has 0 aliphatic carbocycles. The van der Waals surface area contributed by atoms with Crippen LogP contribution in [0.15, 0.2) is 146 Å². The second-order valence-electron chi connectivity index (χ2n) is 7.34. The van der Waals surface area contributed by atoms with Gasteiger partial charge in [0, 0.05) is 29.5 Å². The molecule has 0 unspecified atom stereocenters. The Labute approximate surface area is 271 Å². The molecule has 0 heterocycles. The summed E-state index contributed by atoms with van der Waals surface area (Å²) >= 11 is 31.1. The third-order valence-electron chi connectivity index (χ3n) is 4.17. The van der Waals surface area contributed by atoms with Gasteiger partial charge in [-0.05, 0) is 91.0 Å². The number of hydrogen-bond acceptors (Lipinski definition) is 5. The smallest absolute Gasteiger partial charge is 0.136 e. The van der Waals surface area contributed by atoms with Crippen molar-refractivity contribution in [2.24, 2.45) is 0 Å². The van der Waals surface area contributed by atoms with Crippen molar-refractivity contribution >= 4 is 86.3 Å². The van der Waals surface area contributed by atoms with E-state index in [2.05, 4.69) is 63.1 Å². The van der Waals surface area contributed by atoms with Gasteiger partial charge >= 0.3 is 0 Å². The Kier molecular flexibility index (Phi) is 19.0. The zero-order valence-electron chi connectivity index (χ0n) is 20.7. The Hall–Kier alpha value is -1.78. The monoisotopic (exact) mass is 672 g/mol. The fourth-order valence-electron chi connectivity index (χ4n) is 2.26. The summed E-state index contributed by atoms with van der Waals surface area (Å²) in [5, 5.41) is 1.46. The molecule has 0 bridgehead atoms. The molecule has 0 nitrogen and oxygen atoms in total. The van der Waals surface area contributed by atoms with Crippen molar-refractivity contribution in [2.45, 2.75) is 24.5 Å². The van der Waals surface area contributed by atoms with Crippen molar-refractivity contribution in [3.05, 3.63) is 149 Å². The van der Waals surface area contributed by atoms with Crippen LogP contribution in [0.4, 0.5) is 13.2 Å². The van der Waals surface area contributed by atoms with Gasteiger partial charge in [-0.2, -0.15) is 0 Å². The molecule has 10 heteroatoms. The summed E-state index contributed by atoms with van der Waals surface area (Å²) in [7, 11) is 0. The quantitative estimate of drug-likeness (QED) is 0.0993. The SMILES string of the molecule is Fc1ccc(S)cc1.Fc1cccc(S)c1.Fc1ccccc1S.Sc1ccc(Cl)cc1.Sc1ccccc1Cl. The maximum absolute atomic E-state index is 12.2. The first-order valence-electron chi connectivity index (χ1n) is 11.2. The summed E-state index contributed by atoms with van der Waals surface area (Å²) in [5.74, 6) is -0.726. The van der Waals surface area contributed by atoms with Gasteiger partial charge in [0.05, 0.1) is 5.02 Å². The van der Waals surface area contributed by atoms with Crippen molar-refractivity contribution in [3.63, 3.8) is 0 Å². The fourth-order valence-corrected chi connectivity index (χ4v) is 3.35. The maximum Gasteiger partial charge on any atom is 0.136 e. The molecule has 0 N–H and O–H groups in total. The lowest BCUT2D eigenvalue weighted by atomic mass is 10.4. The van der Waals surface area contributed by atoms with Crippen LogP contribution in [0.3, 0.4) is 0 Å². The Morgan fingerprint density at radius 1 is 0.425 bits per heavy atom. The molecule has 0 aromatic heterocycles. The molecule has 0 radical (unpaired) electrons. The van der Waals surface area contributed by atoms with Gasteiger partial charge in [0.2, 0.25) is 0 Å². The van der Waals surface area contributed by atoms with E-state index in [0.717, 1.165) is 19.7 Å². The third kappa shape index (κ3) is 17.8. The standard InChI is InChI=1S/2C6H5ClS.3C6H5FS/c7-5-1-3-6(8)4-2-5;7-5-3-1-2-4-6(5)8;7-5-1-3-6(8)4-2-5;7-5-2-1-3-6(8)4-5;7-5-3-1-2-4-6(5)8/h5*1-4,8H. The lowest BCUT2D eigenvalue weighted by Gasteiger charge is -1.90. The van der Waals surface area contributed by atoms with E-state index in [1.165, 1.54) is 30.3 Å². The number of hydrogen-bond donors (Lipinski definition) is 5. The van der Waals surface area contributed by atoms with Crippen molar-refractivity contribution in [2.75, 3.05) is 0 Å². The van der Waals surface area contributed by atoms with E-state index >= 15 is 0 Å². The highest BCUT2D eigenvalue weighted by molar-refractivity contribution is 7.81. The summed E-state index contributed by atoms with van der Waals surface area (Å²) in [6, 6.07) is 33.2. The van der Waals surface area contributed by atoms with Gasteiger partial charge in [-0.25, -0.2) is 13.2 Å². The highest BCUT2D eigenvalue weighted by Gasteiger charge is 1.90. The highest BCUT2D eigenvalue weighted by Crippen LogP contribution is 2.17. The molecule has 0 aliphatic rings. The molecule has 0 fully saturated rings. The molecule has 0 aliphatic heterocycles. The Balaban J connectivity index is 0.000000250. The van der Waals surface area contributed by atoms with E-state index in [-0.39, 0.29) is 17.5 Å².